The number of phosphoric ester groups is 1. The molecule has 0 spiro atoms. The van der Waals surface area contributed by atoms with Gasteiger partial charge in [-0.3, -0.25) is 18.1 Å². The first-order chi connectivity index (χ1) is 14.0. The highest BCUT2D eigenvalue weighted by atomic mass is 31.2. The van der Waals surface area contributed by atoms with Gasteiger partial charge in [0.15, 0.2) is 23.5 Å². The summed E-state index contributed by atoms with van der Waals surface area (Å²) in [7, 11) is -4.11. The first-order valence-corrected chi connectivity index (χ1v) is 10.8. The molecule has 166 valence electrons. The van der Waals surface area contributed by atoms with Gasteiger partial charge in [0, 0.05) is 0 Å². The van der Waals surface area contributed by atoms with Crippen molar-refractivity contribution < 1.29 is 37.1 Å². The Labute approximate surface area is 171 Å². The maximum atomic E-state index is 15.5. The first-order valence-electron chi connectivity index (χ1n) is 9.32. The molecule has 1 unspecified atom stereocenters. The number of aliphatic hydroxyl groups is 1. The van der Waals surface area contributed by atoms with E-state index in [9.17, 15) is 9.67 Å². The number of phosphoric acid groups is 1. The Balaban J connectivity index is 1.74. The zero-order valence-electron chi connectivity index (χ0n) is 16.8. The number of alkyl halides is 1. The van der Waals surface area contributed by atoms with Crippen LogP contribution in [0.2, 0.25) is 0 Å². The third-order valence-corrected chi connectivity index (χ3v) is 6.26. The molecule has 0 amide bonds. The summed E-state index contributed by atoms with van der Waals surface area (Å²) in [6.45, 7) is 5.83. The normalized spacial score (nSPS) is 36.4. The molecular weight excluding hydrogens is 424 g/mol. The van der Waals surface area contributed by atoms with Crippen molar-refractivity contribution in [3.05, 3.63) is 6.33 Å². The third kappa shape index (κ3) is 3.35. The number of nitrogens with two attached hydrogens (primary N) is 1. The van der Waals surface area contributed by atoms with Gasteiger partial charge in [0.05, 0.1) is 19.0 Å². The topological polar surface area (TPSA) is 153 Å². The van der Waals surface area contributed by atoms with Gasteiger partial charge in [0.2, 0.25) is 11.8 Å². The Hall–Kier alpha value is -1.89. The number of hydrogen-bond donors (Lipinski definition) is 2. The van der Waals surface area contributed by atoms with E-state index in [-0.39, 0.29) is 23.0 Å². The van der Waals surface area contributed by atoms with E-state index in [0.717, 1.165) is 0 Å². The lowest BCUT2D eigenvalue weighted by Gasteiger charge is -2.37. The zero-order chi connectivity index (χ0) is 21.9. The summed E-state index contributed by atoms with van der Waals surface area (Å²) < 4.78 is 55.9. The SMILES string of the molecule is CCOc1nc(N)nc2c1ncn2C1O[C@]2(F)CO[P@](=O)(OC(C)C)O[C@H]2[C@@]1(C)O. The van der Waals surface area contributed by atoms with E-state index in [4.69, 9.17) is 28.8 Å². The predicted octanol–water partition coefficient (Wildman–Crippen LogP) is 1.70. The van der Waals surface area contributed by atoms with Crippen LogP contribution in [0, 0.1) is 0 Å². The van der Waals surface area contributed by atoms with E-state index in [2.05, 4.69) is 15.0 Å². The van der Waals surface area contributed by atoms with E-state index in [1.807, 2.05) is 0 Å². The smallest absolute Gasteiger partial charge is 0.475 e. The lowest BCUT2D eigenvalue weighted by molar-refractivity contribution is -0.220. The molecule has 0 aromatic carbocycles. The van der Waals surface area contributed by atoms with Gasteiger partial charge in [-0.2, -0.15) is 9.97 Å². The molecule has 0 aliphatic carbocycles. The summed E-state index contributed by atoms with van der Waals surface area (Å²) in [6.07, 6.45) is -2.27. The average molecular weight is 447 g/mol. The fourth-order valence-corrected chi connectivity index (χ4v) is 5.17. The van der Waals surface area contributed by atoms with E-state index in [1.54, 1.807) is 20.8 Å². The van der Waals surface area contributed by atoms with Crippen molar-refractivity contribution in [2.24, 2.45) is 0 Å². The van der Waals surface area contributed by atoms with Gasteiger partial charge in [-0.05, 0) is 27.7 Å². The number of ether oxygens (including phenoxy) is 2. The molecule has 2 aromatic rings. The number of halogens is 1. The minimum absolute atomic E-state index is 0.105. The van der Waals surface area contributed by atoms with Crippen molar-refractivity contribution in [2.45, 2.75) is 57.6 Å². The van der Waals surface area contributed by atoms with Crippen LogP contribution in [0.3, 0.4) is 0 Å². The number of fused-ring (bicyclic) bond motifs is 2. The second-order valence-electron chi connectivity index (χ2n) is 7.49. The molecule has 5 atom stereocenters. The van der Waals surface area contributed by atoms with Crippen molar-refractivity contribution in [1.82, 2.24) is 19.5 Å². The van der Waals surface area contributed by atoms with E-state index >= 15 is 4.39 Å². The molecule has 2 fully saturated rings. The molecule has 2 aliphatic heterocycles. The molecule has 0 saturated carbocycles. The second kappa shape index (κ2) is 7.08. The summed E-state index contributed by atoms with van der Waals surface area (Å²) in [5, 5.41) is 11.2. The van der Waals surface area contributed by atoms with Crippen LogP contribution in [0.5, 0.6) is 5.88 Å². The Kier molecular flexibility index (Phi) is 5.03. The van der Waals surface area contributed by atoms with Crippen molar-refractivity contribution in [3.8, 4) is 5.88 Å². The molecule has 4 rings (SSSR count). The Morgan fingerprint density at radius 3 is 2.90 bits per heavy atom. The lowest BCUT2D eigenvalue weighted by Crippen LogP contribution is -2.52. The Bertz CT molecular complexity index is 1020. The van der Waals surface area contributed by atoms with Crippen LogP contribution in [0.1, 0.15) is 33.9 Å². The number of anilines is 1. The van der Waals surface area contributed by atoms with Gasteiger partial charge in [-0.25, -0.2) is 13.9 Å². The summed E-state index contributed by atoms with van der Waals surface area (Å²) >= 11 is 0. The molecule has 14 heteroatoms. The van der Waals surface area contributed by atoms with Gasteiger partial charge < -0.3 is 20.3 Å². The first kappa shape index (κ1) is 21.3. The molecule has 4 heterocycles. The lowest BCUT2D eigenvalue weighted by atomic mass is 9.95. The van der Waals surface area contributed by atoms with Crippen LogP contribution in [-0.2, 0) is 22.9 Å². The van der Waals surface area contributed by atoms with Crippen LogP contribution in [-0.4, -0.2) is 61.5 Å². The van der Waals surface area contributed by atoms with Crippen LogP contribution < -0.4 is 10.5 Å². The molecule has 2 aliphatic rings. The van der Waals surface area contributed by atoms with Crippen molar-refractivity contribution in [1.29, 1.82) is 0 Å². The molecule has 30 heavy (non-hydrogen) atoms. The predicted molar refractivity (Wildman–Crippen MR) is 100 cm³/mol. The van der Waals surface area contributed by atoms with Gasteiger partial charge in [0.1, 0.15) is 12.2 Å². The van der Waals surface area contributed by atoms with Crippen molar-refractivity contribution in [2.75, 3.05) is 18.9 Å². The van der Waals surface area contributed by atoms with Gasteiger partial charge in [-0.15, -0.1) is 0 Å². The quantitative estimate of drug-likeness (QED) is 0.644. The summed E-state index contributed by atoms with van der Waals surface area (Å²) in [5.74, 6) is -2.56. The maximum absolute atomic E-state index is 15.5. The van der Waals surface area contributed by atoms with E-state index < -0.39 is 44.3 Å². The van der Waals surface area contributed by atoms with Gasteiger partial charge in [0.25, 0.3) is 5.85 Å². The monoisotopic (exact) mass is 447 g/mol. The average Bonchev–Trinajstić information content (AvgIpc) is 3.13. The van der Waals surface area contributed by atoms with Crippen LogP contribution in [0.25, 0.3) is 11.2 Å². The third-order valence-electron chi connectivity index (χ3n) is 4.66. The molecule has 12 nitrogen and oxygen atoms in total. The van der Waals surface area contributed by atoms with E-state index in [1.165, 1.54) is 17.8 Å². The van der Waals surface area contributed by atoms with Gasteiger partial charge >= 0.3 is 7.82 Å². The highest BCUT2D eigenvalue weighted by Gasteiger charge is 2.69. The summed E-state index contributed by atoms with van der Waals surface area (Å²) in [5.41, 5.74) is 4.15. The molecule has 0 bridgehead atoms. The Morgan fingerprint density at radius 2 is 2.23 bits per heavy atom. The van der Waals surface area contributed by atoms with E-state index in [0.29, 0.717) is 6.61 Å². The standard InChI is InChI=1S/C16H23FN5O7P/c1-5-25-11-9-10(20-14(18)21-11)22(7-19-9)13-15(4,23)12-16(17,27-13)6-26-30(24,29-12)28-8(2)3/h7-8,12-13,23H,5-6H2,1-4H3,(H2,18,20,21)/t12-,13?,15+,16+,30+/m0/s1. The molecule has 2 aromatic heterocycles. The number of nitrogens with zero attached hydrogens (tertiary/aromatic N) is 4. The Morgan fingerprint density at radius 1 is 1.50 bits per heavy atom. The number of aromatic nitrogens is 4. The maximum Gasteiger partial charge on any atom is 0.475 e. The van der Waals surface area contributed by atoms with Crippen molar-refractivity contribution >= 4 is 24.9 Å². The number of rotatable bonds is 5. The minimum Gasteiger partial charge on any atom is -0.476 e. The summed E-state index contributed by atoms with van der Waals surface area (Å²) in [4.78, 5) is 12.3. The molecule has 2 saturated heterocycles. The van der Waals surface area contributed by atoms with Crippen LogP contribution in [0.4, 0.5) is 10.3 Å². The largest absolute Gasteiger partial charge is 0.476 e. The highest BCUT2D eigenvalue weighted by molar-refractivity contribution is 7.48. The number of imidazole rings is 1. The number of hydrogen-bond acceptors (Lipinski definition) is 11. The fraction of sp³-hybridized carbons (Fsp3) is 0.688. The zero-order valence-corrected chi connectivity index (χ0v) is 17.7. The van der Waals surface area contributed by atoms with Crippen LogP contribution in [0.15, 0.2) is 6.33 Å². The molecule has 3 N–H and O–H groups in total. The summed E-state index contributed by atoms with van der Waals surface area (Å²) in [6, 6.07) is 0. The highest BCUT2D eigenvalue weighted by Crippen LogP contribution is 2.62. The van der Waals surface area contributed by atoms with Crippen molar-refractivity contribution in [3.63, 3.8) is 0 Å². The van der Waals surface area contributed by atoms with Gasteiger partial charge in [-0.1, -0.05) is 0 Å². The fourth-order valence-electron chi connectivity index (χ4n) is 3.52. The molecule has 0 radical (unpaired) electrons. The molecular formula is C16H23FN5O7P. The second-order valence-corrected chi connectivity index (χ2v) is 9.06. The van der Waals surface area contributed by atoms with Crippen LogP contribution >= 0.6 is 7.82 Å². The number of nitrogen functional groups attached to an aromatic ring is 1. The minimum atomic E-state index is -4.11.